The summed E-state index contributed by atoms with van der Waals surface area (Å²) in [6, 6.07) is 11.6. The van der Waals surface area contributed by atoms with Gasteiger partial charge in [-0.15, -0.1) is 0 Å². The molecule has 0 spiro atoms. The molecule has 1 heterocycles. The Balaban J connectivity index is 1.89. The second-order valence-corrected chi connectivity index (χ2v) is 6.42. The molecule has 0 fully saturated rings. The molecule has 0 aliphatic carbocycles. The van der Waals surface area contributed by atoms with Crippen molar-refractivity contribution in [3.8, 4) is 22.9 Å². The Morgan fingerprint density at radius 2 is 2.11 bits per heavy atom. The van der Waals surface area contributed by atoms with Crippen molar-refractivity contribution < 1.29 is 13.9 Å². The van der Waals surface area contributed by atoms with Crippen molar-refractivity contribution in [1.29, 1.82) is 0 Å². The molecule has 0 amide bonds. The minimum atomic E-state index is -0.356. The number of rotatable bonds is 8. The molecule has 0 bridgehead atoms. The lowest BCUT2D eigenvalue weighted by molar-refractivity contribution is 0.288. The third-order valence-corrected chi connectivity index (χ3v) is 4.26. The molecule has 6 nitrogen and oxygen atoms in total. The van der Waals surface area contributed by atoms with Crippen LogP contribution in [0.25, 0.3) is 11.4 Å². The highest BCUT2D eigenvalue weighted by molar-refractivity contribution is 7.71. The zero-order valence-electron chi connectivity index (χ0n) is 15.7. The molecule has 0 unspecified atom stereocenters. The predicted molar refractivity (Wildman–Crippen MR) is 109 cm³/mol. The van der Waals surface area contributed by atoms with E-state index in [9.17, 15) is 4.39 Å². The summed E-state index contributed by atoms with van der Waals surface area (Å²) in [5.41, 5.74) is 1.38. The van der Waals surface area contributed by atoms with Gasteiger partial charge in [-0.2, -0.15) is 14.9 Å². The van der Waals surface area contributed by atoms with Gasteiger partial charge in [-0.25, -0.2) is 9.49 Å². The van der Waals surface area contributed by atoms with Gasteiger partial charge in [0.05, 0.1) is 19.9 Å². The number of H-pyrrole nitrogens is 1. The zero-order valence-corrected chi connectivity index (χ0v) is 16.5. The Hall–Kier alpha value is -3.00. The molecule has 0 atom stereocenters. The molecule has 3 rings (SSSR count). The fourth-order valence-corrected chi connectivity index (χ4v) is 2.73. The van der Waals surface area contributed by atoms with Crippen molar-refractivity contribution in [3.63, 3.8) is 0 Å². The number of benzene rings is 2. The molecular weight excluding hydrogens is 379 g/mol. The van der Waals surface area contributed by atoms with E-state index >= 15 is 0 Å². The van der Waals surface area contributed by atoms with Gasteiger partial charge in [-0.05, 0) is 54.5 Å². The summed E-state index contributed by atoms with van der Waals surface area (Å²) in [5, 5.41) is 11.3. The van der Waals surface area contributed by atoms with Crippen LogP contribution in [-0.4, -0.2) is 34.8 Å². The number of aromatic nitrogens is 3. The van der Waals surface area contributed by atoms with Crippen LogP contribution in [0.1, 0.15) is 25.3 Å². The van der Waals surface area contributed by atoms with E-state index in [0.29, 0.717) is 34.3 Å². The van der Waals surface area contributed by atoms with E-state index in [4.69, 9.17) is 21.7 Å². The average Bonchev–Trinajstić information content (AvgIpc) is 3.07. The Morgan fingerprint density at radius 1 is 1.25 bits per heavy atom. The first-order valence-electron chi connectivity index (χ1n) is 8.91. The summed E-state index contributed by atoms with van der Waals surface area (Å²) in [4.78, 5) is 0. The molecule has 0 aliphatic rings. The number of aromatic amines is 1. The lowest BCUT2D eigenvalue weighted by Crippen LogP contribution is -2.00. The highest BCUT2D eigenvalue weighted by Crippen LogP contribution is 2.28. The summed E-state index contributed by atoms with van der Waals surface area (Å²) >= 11 is 5.25. The first-order valence-corrected chi connectivity index (χ1v) is 9.31. The quantitative estimate of drug-likeness (QED) is 0.335. The molecule has 0 saturated carbocycles. The lowest BCUT2D eigenvalue weighted by atomic mass is 10.2. The molecule has 1 aromatic heterocycles. The summed E-state index contributed by atoms with van der Waals surface area (Å²) in [7, 11) is 1.60. The van der Waals surface area contributed by atoms with E-state index < -0.39 is 0 Å². The van der Waals surface area contributed by atoms with Gasteiger partial charge in [0.2, 0.25) is 4.77 Å². The number of methoxy groups -OCH3 is 1. The zero-order chi connectivity index (χ0) is 19.9. The maximum absolute atomic E-state index is 13.5. The fourth-order valence-electron chi connectivity index (χ4n) is 2.55. The van der Waals surface area contributed by atoms with Crippen LogP contribution >= 0.6 is 12.2 Å². The average molecular weight is 400 g/mol. The van der Waals surface area contributed by atoms with Crippen LogP contribution in [0, 0.1) is 10.6 Å². The number of nitrogens with one attached hydrogen (secondary N) is 1. The largest absolute Gasteiger partial charge is 0.493 e. The minimum Gasteiger partial charge on any atom is -0.493 e. The Kier molecular flexibility index (Phi) is 6.54. The van der Waals surface area contributed by atoms with Gasteiger partial charge in [0.15, 0.2) is 17.3 Å². The van der Waals surface area contributed by atoms with E-state index in [2.05, 4.69) is 22.2 Å². The van der Waals surface area contributed by atoms with Crippen LogP contribution in [0.5, 0.6) is 11.5 Å². The standard InChI is InChI=1S/C20H21FN4O2S/c1-3-4-10-27-18-11-14(8-9-17(18)26-2)13-22-25-19(23-24-20(25)28)15-6-5-7-16(21)12-15/h5-9,11-13H,3-4,10H2,1-2H3,(H,24,28)/b22-13-. The summed E-state index contributed by atoms with van der Waals surface area (Å²) in [5.74, 6) is 1.38. The van der Waals surface area contributed by atoms with E-state index in [-0.39, 0.29) is 5.82 Å². The van der Waals surface area contributed by atoms with Gasteiger partial charge in [-0.1, -0.05) is 25.5 Å². The van der Waals surface area contributed by atoms with Crippen molar-refractivity contribution in [2.45, 2.75) is 19.8 Å². The van der Waals surface area contributed by atoms with Crippen molar-refractivity contribution in [3.05, 3.63) is 58.6 Å². The number of halogens is 1. The summed E-state index contributed by atoms with van der Waals surface area (Å²) < 4.78 is 26.5. The van der Waals surface area contributed by atoms with Crippen LogP contribution in [0.2, 0.25) is 0 Å². The van der Waals surface area contributed by atoms with E-state index in [0.717, 1.165) is 18.4 Å². The van der Waals surface area contributed by atoms with Gasteiger partial charge < -0.3 is 9.47 Å². The van der Waals surface area contributed by atoms with Gasteiger partial charge in [0.1, 0.15) is 5.82 Å². The van der Waals surface area contributed by atoms with Crippen LogP contribution in [0.4, 0.5) is 4.39 Å². The second-order valence-electron chi connectivity index (χ2n) is 6.03. The maximum Gasteiger partial charge on any atom is 0.216 e. The summed E-state index contributed by atoms with van der Waals surface area (Å²) in [6.07, 6.45) is 3.65. The van der Waals surface area contributed by atoms with Crippen molar-refractivity contribution in [1.82, 2.24) is 14.9 Å². The second kappa shape index (κ2) is 9.27. The van der Waals surface area contributed by atoms with Crippen molar-refractivity contribution in [2.24, 2.45) is 5.10 Å². The smallest absolute Gasteiger partial charge is 0.216 e. The molecule has 2 aromatic carbocycles. The van der Waals surface area contributed by atoms with Gasteiger partial charge >= 0.3 is 0 Å². The minimum absolute atomic E-state index is 0.309. The molecule has 146 valence electrons. The van der Waals surface area contributed by atoms with E-state index in [1.165, 1.54) is 16.8 Å². The molecule has 0 aliphatic heterocycles. The monoisotopic (exact) mass is 400 g/mol. The first kappa shape index (κ1) is 19.8. The topological polar surface area (TPSA) is 64.4 Å². The van der Waals surface area contributed by atoms with Gasteiger partial charge in [0.25, 0.3) is 0 Å². The number of ether oxygens (including phenoxy) is 2. The molecular formula is C20H21FN4O2S. The lowest BCUT2D eigenvalue weighted by Gasteiger charge is -2.11. The number of hydrogen-bond donors (Lipinski definition) is 1. The Bertz CT molecular complexity index is 1030. The van der Waals surface area contributed by atoms with Gasteiger partial charge in [0, 0.05) is 5.56 Å². The molecule has 1 N–H and O–H groups in total. The van der Waals surface area contributed by atoms with Crippen LogP contribution in [0.15, 0.2) is 47.6 Å². The maximum atomic E-state index is 13.5. The highest BCUT2D eigenvalue weighted by Gasteiger charge is 2.09. The van der Waals surface area contributed by atoms with E-state index in [1.807, 2.05) is 18.2 Å². The van der Waals surface area contributed by atoms with Gasteiger partial charge in [-0.3, -0.25) is 0 Å². The number of nitrogens with zero attached hydrogens (tertiary/aromatic N) is 3. The van der Waals surface area contributed by atoms with Crippen LogP contribution < -0.4 is 9.47 Å². The molecule has 0 saturated heterocycles. The summed E-state index contributed by atoms with van der Waals surface area (Å²) in [6.45, 7) is 2.72. The Morgan fingerprint density at radius 3 is 2.86 bits per heavy atom. The highest BCUT2D eigenvalue weighted by atomic mass is 32.1. The SMILES string of the molecule is CCCCOc1cc(/C=N\n2c(-c3cccc(F)c3)n[nH]c2=S)ccc1OC. The number of hydrogen-bond acceptors (Lipinski definition) is 5. The predicted octanol–water partition coefficient (Wildman–Crippen LogP) is 4.82. The van der Waals surface area contributed by atoms with Crippen molar-refractivity contribution >= 4 is 18.4 Å². The van der Waals surface area contributed by atoms with E-state index in [1.54, 1.807) is 25.5 Å². The third-order valence-electron chi connectivity index (χ3n) is 4.00. The van der Waals surface area contributed by atoms with Crippen LogP contribution in [-0.2, 0) is 0 Å². The molecule has 28 heavy (non-hydrogen) atoms. The Labute approximate surface area is 167 Å². The van der Waals surface area contributed by atoms with Crippen LogP contribution in [0.3, 0.4) is 0 Å². The normalized spacial score (nSPS) is 11.1. The third kappa shape index (κ3) is 4.64. The molecule has 0 radical (unpaired) electrons. The fraction of sp³-hybridized carbons (Fsp3) is 0.250. The number of unbranched alkanes of at least 4 members (excludes halogenated alkanes) is 1. The first-order chi connectivity index (χ1) is 13.6. The molecule has 8 heteroatoms. The van der Waals surface area contributed by atoms with Crippen molar-refractivity contribution in [2.75, 3.05) is 13.7 Å². The molecule has 3 aromatic rings.